The third-order valence-electron chi connectivity index (χ3n) is 1.86. The summed E-state index contributed by atoms with van der Waals surface area (Å²) in [5.41, 5.74) is 4.90. The van der Waals surface area contributed by atoms with Crippen molar-refractivity contribution >= 4 is 29.5 Å². The molecular formula is C10H10ClN3O4. The van der Waals surface area contributed by atoms with E-state index in [4.69, 9.17) is 22.1 Å². The second-order valence-corrected chi connectivity index (χ2v) is 3.66. The standard InChI is InChI=1S/C10H10ClN3O4/c1-5(8(15)14-10(12)17)18-9(16)6-2-3-13-7(11)4-6/h2-5H,1H3,(H3,12,14,15,17). The number of nitrogens with two attached hydrogens (primary N) is 1. The highest BCUT2D eigenvalue weighted by molar-refractivity contribution is 6.29. The summed E-state index contributed by atoms with van der Waals surface area (Å²) in [7, 11) is 0. The number of primary amides is 1. The summed E-state index contributed by atoms with van der Waals surface area (Å²) in [4.78, 5) is 37.0. The molecule has 3 N–H and O–H groups in total. The van der Waals surface area contributed by atoms with Crippen molar-refractivity contribution in [1.29, 1.82) is 0 Å². The molecule has 0 bridgehead atoms. The van der Waals surface area contributed by atoms with Crippen molar-refractivity contribution in [3.05, 3.63) is 29.0 Å². The minimum absolute atomic E-state index is 0.124. The van der Waals surface area contributed by atoms with E-state index >= 15 is 0 Å². The number of esters is 1. The maximum absolute atomic E-state index is 11.6. The van der Waals surface area contributed by atoms with Gasteiger partial charge in [0.15, 0.2) is 6.10 Å². The Labute approximate surface area is 107 Å². The van der Waals surface area contributed by atoms with Crippen molar-refractivity contribution in [3.8, 4) is 0 Å². The third kappa shape index (κ3) is 4.02. The second kappa shape index (κ2) is 5.97. The van der Waals surface area contributed by atoms with Gasteiger partial charge in [-0.05, 0) is 19.1 Å². The van der Waals surface area contributed by atoms with Crippen molar-refractivity contribution in [3.63, 3.8) is 0 Å². The molecule has 0 spiro atoms. The van der Waals surface area contributed by atoms with Gasteiger partial charge in [-0.25, -0.2) is 14.6 Å². The van der Waals surface area contributed by atoms with Gasteiger partial charge in [0.25, 0.3) is 5.91 Å². The van der Waals surface area contributed by atoms with Crippen LogP contribution in [0, 0.1) is 0 Å². The van der Waals surface area contributed by atoms with E-state index in [0.717, 1.165) is 0 Å². The Morgan fingerprint density at radius 1 is 1.50 bits per heavy atom. The zero-order chi connectivity index (χ0) is 13.7. The predicted molar refractivity (Wildman–Crippen MR) is 61.9 cm³/mol. The molecule has 0 aliphatic heterocycles. The van der Waals surface area contributed by atoms with Crippen molar-refractivity contribution in [1.82, 2.24) is 10.3 Å². The summed E-state index contributed by atoms with van der Waals surface area (Å²) in [5.74, 6) is -1.57. The number of amides is 3. The fraction of sp³-hybridized carbons (Fsp3) is 0.200. The summed E-state index contributed by atoms with van der Waals surface area (Å²) < 4.78 is 4.81. The Bertz CT molecular complexity index is 492. The first kappa shape index (κ1) is 13.9. The average Bonchev–Trinajstić information content (AvgIpc) is 2.27. The molecule has 0 fully saturated rings. The van der Waals surface area contributed by atoms with Crippen molar-refractivity contribution in [2.75, 3.05) is 0 Å². The number of nitrogens with one attached hydrogen (secondary N) is 1. The quantitative estimate of drug-likeness (QED) is 0.613. The van der Waals surface area contributed by atoms with E-state index in [-0.39, 0.29) is 10.7 Å². The van der Waals surface area contributed by atoms with Crippen LogP contribution < -0.4 is 11.1 Å². The van der Waals surface area contributed by atoms with Crippen molar-refractivity contribution in [2.45, 2.75) is 13.0 Å². The van der Waals surface area contributed by atoms with E-state index in [1.54, 1.807) is 5.32 Å². The lowest BCUT2D eigenvalue weighted by Gasteiger charge is -2.11. The number of pyridine rings is 1. The maximum atomic E-state index is 11.6. The first-order valence-electron chi connectivity index (χ1n) is 4.83. The topological polar surface area (TPSA) is 111 Å². The van der Waals surface area contributed by atoms with Gasteiger partial charge in [0.2, 0.25) is 0 Å². The maximum Gasteiger partial charge on any atom is 0.339 e. The molecule has 1 rings (SSSR count). The number of ether oxygens (including phenoxy) is 1. The van der Waals surface area contributed by atoms with Gasteiger partial charge < -0.3 is 10.5 Å². The van der Waals surface area contributed by atoms with Crippen LogP contribution in [0.3, 0.4) is 0 Å². The Balaban J connectivity index is 2.65. The number of urea groups is 1. The summed E-state index contributed by atoms with van der Waals surface area (Å²) in [5, 5.41) is 1.92. The molecule has 1 unspecified atom stereocenters. The van der Waals surface area contributed by atoms with Crippen LogP contribution >= 0.6 is 11.6 Å². The normalized spacial score (nSPS) is 11.4. The smallest absolute Gasteiger partial charge is 0.339 e. The van der Waals surface area contributed by atoms with Gasteiger partial charge in [0.05, 0.1) is 5.56 Å². The van der Waals surface area contributed by atoms with Crippen LogP contribution in [0.15, 0.2) is 18.3 Å². The number of aromatic nitrogens is 1. The number of halogens is 1. The molecule has 0 aliphatic rings. The van der Waals surface area contributed by atoms with Gasteiger partial charge in [0.1, 0.15) is 5.15 Å². The molecule has 0 radical (unpaired) electrons. The number of hydrogen-bond donors (Lipinski definition) is 2. The predicted octanol–water partition coefficient (Wildman–Crippen LogP) is 0.475. The molecule has 3 amide bonds. The highest BCUT2D eigenvalue weighted by atomic mass is 35.5. The molecule has 1 atom stereocenters. The molecule has 0 aromatic carbocycles. The molecule has 7 nitrogen and oxygen atoms in total. The zero-order valence-electron chi connectivity index (χ0n) is 9.34. The van der Waals surface area contributed by atoms with Crippen LogP contribution in [0.25, 0.3) is 0 Å². The highest BCUT2D eigenvalue weighted by Gasteiger charge is 2.20. The van der Waals surface area contributed by atoms with Gasteiger partial charge in [-0.2, -0.15) is 0 Å². The lowest BCUT2D eigenvalue weighted by atomic mass is 10.3. The van der Waals surface area contributed by atoms with Crippen LogP contribution in [0.4, 0.5) is 4.79 Å². The number of nitrogens with zero attached hydrogens (tertiary/aromatic N) is 1. The molecule has 1 heterocycles. The van der Waals surface area contributed by atoms with Crippen LogP contribution in [-0.2, 0) is 9.53 Å². The number of hydrogen-bond acceptors (Lipinski definition) is 5. The molecule has 18 heavy (non-hydrogen) atoms. The van der Waals surface area contributed by atoms with E-state index in [0.29, 0.717) is 0 Å². The van der Waals surface area contributed by atoms with Gasteiger partial charge in [-0.1, -0.05) is 11.6 Å². The molecule has 0 aliphatic carbocycles. The fourth-order valence-corrected chi connectivity index (χ4v) is 1.21. The van der Waals surface area contributed by atoms with Gasteiger partial charge in [0, 0.05) is 6.20 Å². The summed E-state index contributed by atoms with van der Waals surface area (Å²) in [6, 6.07) is 1.66. The van der Waals surface area contributed by atoms with E-state index < -0.39 is 24.0 Å². The van der Waals surface area contributed by atoms with Crippen LogP contribution in [0.2, 0.25) is 5.15 Å². The highest BCUT2D eigenvalue weighted by Crippen LogP contribution is 2.09. The van der Waals surface area contributed by atoms with Gasteiger partial charge in [-0.15, -0.1) is 0 Å². The first-order chi connectivity index (χ1) is 8.40. The van der Waals surface area contributed by atoms with E-state index in [9.17, 15) is 14.4 Å². The van der Waals surface area contributed by atoms with E-state index in [2.05, 4.69) is 4.98 Å². The largest absolute Gasteiger partial charge is 0.449 e. The number of imide groups is 1. The Hall–Kier alpha value is -2.15. The zero-order valence-corrected chi connectivity index (χ0v) is 10.1. The average molecular weight is 272 g/mol. The van der Waals surface area contributed by atoms with Crippen LogP contribution in [0.5, 0.6) is 0 Å². The summed E-state index contributed by atoms with van der Waals surface area (Å²) >= 11 is 5.60. The minimum Gasteiger partial charge on any atom is -0.449 e. The molecule has 96 valence electrons. The fourth-order valence-electron chi connectivity index (χ4n) is 1.03. The van der Waals surface area contributed by atoms with Crippen molar-refractivity contribution < 1.29 is 19.1 Å². The summed E-state index contributed by atoms with van der Waals surface area (Å²) in [6.45, 7) is 1.30. The molecule has 8 heteroatoms. The SMILES string of the molecule is CC(OC(=O)c1ccnc(Cl)c1)C(=O)NC(N)=O. The second-order valence-electron chi connectivity index (χ2n) is 3.27. The molecule has 0 saturated heterocycles. The monoisotopic (exact) mass is 271 g/mol. The van der Waals surface area contributed by atoms with Gasteiger partial charge in [-0.3, -0.25) is 10.1 Å². The number of rotatable bonds is 3. The summed E-state index contributed by atoms with van der Waals surface area (Å²) in [6.07, 6.45) is 0.171. The van der Waals surface area contributed by atoms with E-state index in [1.807, 2.05) is 0 Å². The molecule has 0 saturated carbocycles. The lowest BCUT2D eigenvalue weighted by molar-refractivity contribution is -0.127. The lowest BCUT2D eigenvalue weighted by Crippen LogP contribution is -2.42. The number of carbonyl (C=O) groups is 3. The third-order valence-corrected chi connectivity index (χ3v) is 2.07. The minimum atomic E-state index is -1.16. The molecular weight excluding hydrogens is 262 g/mol. The van der Waals surface area contributed by atoms with E-state index in [1.165, 1.54) is 25.3 Å². The van der Waals surface area contributed by atoms with Crippen LogP contribution in [0.1, 0.15) is 17.3 Å². The molecule has 1 aromatic heterocycles. The Kier molecular flexibility index (Phi) is 4.61. The Morgan fingerprint density at radius 3 is 2.72 bits per heavy atom. The Morgan fingerprint density at radius 2 is 2.17 bits per heavy atom. The van der Waals surface area contributed by atoms with Crippen molar-refractivity contribution in [2.24, 2.45) is 5.73 Å². The van der Waals surface area contributed by atoms with Gasteiger partial charge >= 0.3 is 12.0 Å². The molecule has 1 aromatic rings. The number of carbonyl (C=O) groups excluding carboxylic acids is 3. The van der Waals surface area contributed by atoms with Crippen LogP contribution in [-0.4, -0.2) is 29.0 Å². The first-order valence-corrected chi connectivity index (χ1v) is 5.21.